The first-order valence-electron chi connectivity index (χ1n) is 7.09. The minimum atomic E-state index is -0.236. The Morgan fingerprint density at radius 1 is 1.11 bits per heavy atom. The SMILES string of the molecule is CC[SH](CC)c1cc2ccccc2c(C(C)C)c1O. The number of hydrogen-bond donors (Lipinski definition) is 2. The zero-order valence-corrected chi connectivity index (χ0v) is 13.2. The molecule has 0 saturated heterocycles. The number of phenols is 1. The van der Waals surface area contributed by atoms with Gasteiger partial charge in [0.05, 0.1) is 0 Å². The summed E-state index contributed by atoms with van der Waals surface area (Å²) in [5.41, 5.74) is 1.11. The summed E-state index contributed by atoms with van der Waals surface area (Å²) >= 11 is 0. The molecule has 0 aliphatic rings. The van der Waals surface area contributed by atoms with E-state index in [0.717, 1.165) is 17.1 Å². The molecule has 1 nitrogen and oxygen atoms in total. The van der Waals surface area contributed by atoms with Crippen molar-refractivity contribution in [2.75, 3.05) is 11.5 Å². The van der Waals surface area contributed by atoms with Crippen LogP contribution in [-0.4, -0.2) is 16.6 Å². The van der Waals surface area contributed by atoms with Gasteiger partial charge >= 0.3 is 0 Å². The third kappa shape index (κ3) is 2.59. The molecular weight excluding hydrogens is 252 g/mol. The van der Waals surface area contributed by atoms with Crippen LogP contribution < -0.4 is 0 Å². The van der Waals surface area contributed by atoms with Crippen LogP contribution in [0.1, 0.15) is 39.2 Å². The number of fused-ring (bicyclic) bond motifs is 1. The van der Waals surface area contributed by atoms with Crippen molar-refractivity contribution in [3.63, 3.8) is 0 Å². The normalized spacial score (nSPS) is 12.2. The first-order chi connectivity index (χ1) is 9.10. The number of aromatic hydroxyl groups is 1. The second-order valence-corrected chi connectivity index (χ2v) is 8.03. The molecule has 2 aromatic carbocycles. The number of benzene rings is 2. The zero-order chi connectivity index (χ0) is 14.0. The molecule has 0 saturated carbocycles. The predicted molar refractivity (Wildman–Crippen MR) is 88.0 cm³/mol. The van der Waals surface area contributed by atoms with Gasteiger partial charge in [-0.1, -0.05) is 52.0 Å². The standard InChI is InChI=1S/C17H24OS/c1-5-19(6-2)15-11-13-9-7-8-10-14(13)16(12(3)4)17(15)18/h7-12,18-19H,5-6H2,1-4H3. The summed E-state index contributed by atoms with van der Waals surface area (Å²) in [4.78, 5) is 1.18. The summed E-state index contributed by atoms with van der Waals surface area (Å²) in [6, 6.07) is 10.6. The molecule has 2 aromatic rings. The van der Waals surface area contributed by atoms with Crippen molar-refractivity contribution in [1.82, 2.24) is 0 Å². The largest absolute Gasteiger partial charge is 0.507 e. The van der Waals surface area contributed by atoms with Gasteiger partial charge in [-0.25, -0.2) is 10.9 Å². The third-order valence-electron chi connectivity index (χ3n) is 3.72. The van der Waals surface area contributed by atoms with Crippen LogP contribution in [0.5, 0.6) is 5.75 Å². The van der Waals surface area contributed by atoms with Crippen LogP contribution in [0.2, 0.25) is 0 Å². The maximum absolute atomic E-state index is 10.7. The van der Waals surface area contributed by atoms with Crippen molar-refractivity contribution < 1.29 is 5.11 Å². The fraction of sp³-hybridized carbons (Fsp3) is 0.412. The van der Waals surface area contributed by atoms with E-state index in [2.05, 4.69) is 58.0 Å². The average Bonchev–Trinajstić information content (AvgIpc) is 2.40. The Hall–Kier alpha value is -1.15. The van der Waals surface area contributed by atoms with E-state index in [1.54, 1.807) is 0 Å². The van der Waals surface area contributed by atoms with Crippen molar-refractivity contribution in [2.24, 2.45) is 0 Å². The molecule has 0 radical (unpaired) electrons. The summed E-state index contributed by atoms with van der Waals surface area (Å²) < 4.78 is 0. The molecule has 0 aliphatic heterocycles. The molecule has 0 amide bonds. The predicted octanol–water partition coefficient (Wildman–Crippen LogP) is 5.07. The first-order valence-corrected chi connectivity index (χ1v) is 8.80. The summed E-state index contributed by atoms with van der Waals surface area (Å²) in [6.07, 6.45) is 0. The molecule has 0 unspecified atom stereocenters. The summed E-state index contributed by atoms with van der Waals surface area (Å²) in [6.45, 7) is 8.76. The van der Waals surface area contributed by atoms with E-state index in [1.807, 2.05) is 0 Å². The highest BCUT2D eigenvalue weighted by Crippen LogP contribution is 2.47. The Balaban J connectivity index is 2.76. The summed E-state index contributed by atoms with van der Waals surface area (Å²) in [5.74, 6) is 3.16. The minimum Gasteiger partial charge on any atom is -0.507 e. The van der Waals surface area contributed by atoms with Gasteiger partial charge in [-0.05, 0) is 34.3 Å². The Labute approximate surface area is 119 Å². The number of rotatable bonds is 4. The van der Waals surface area contributed by atoms with Gasteiger partial charge < -0.3 is 5.11 Å². The Morgan fingerprint density at radius 2 is 1.74 bits per heavy atom. The maximum atomic E-state index is 10.7. The van der Waals surface area contributed by atoms with Gasteiger partial charge in [0.15, 0.2) is 0 Å². The van der Waals surface area contributed by atoms with Gasteiger partial charge in [0.1, 0.15) is 5.75 Å². The van der Waals surface area contributed by atoms with Crippen molar-refractivity contribution in [1.29, 1.82) is 0 Å². The van der Waals surface area contributed by atoms with E-state index in [9.17, 15) is 5.11 Å². The molecule has 0 spiro atoms. The highest BCUT2D eigenvalue weighted by molar-refractivity contribution is 8.17. The fourth-order valence-corrected chi connectivity index (χ4v) is 4.61. The Bertz CT molecular complexity index is 571. The molecule has 1 N–H and O–H groups in total. The van der Waals surface area contributed by atoms with Crippen LogP contribution >= 0.6 is 10.9 Å². The summed E-state index contributed by atoms with van der Waals surface area (Å²) in [7, 11) is -0.236. The highest BCUT2D eigenvalue weighted by Gasteiger charge is 2.17. The lowest BCUT2D eigenvalue weighted by Gasteiger charge is -2.23. The Morgan fingerprint density at radius 3 is 2.32 bits per heavy atom. The monoisotopic (exact) mass is 276 g/mol. The van der Waals surface area contributed by atoms with Crippen LogP contribution in [-0.2, 0) is 0 Å². The lowest BCUT2D eigenvalue weighted by molar-refractivity contribution is 0.453. The second kappa shape index (κ2) is 5.87. The van der Waals surface area contributed by atoms with Crippen LogP contribution in [0.4, 0.5) is 0 Å². The fourth-order valence-electron chi connectivity index (χ4n) is 2.74. The smallest absolute Gasteiger partial charge is 0.131 e. The summed E-state index contributed by atoms with van der Waals surface area (Å²) in [5, 5.41) is 13.2. The van der Waals surface area contributed by atoms with Crippen molar-refractivity contribution in [3.8, 4) is 5.75 Å². The van der Waals surface area contributed by atoms with Gasteiger partial charge in [0, 0.05) is 10.5 Å². The minimum absolute atomic E-state index is 0.236. The van der Waals surface area contributed by atoms with E-state index < -0.39 is 0 Å². The number of phenolic OH excluding ortho intramolecular Hbond substituents is 1. The Kier molecular flexibility index (Phi) is 4.41. The van der Waals surface area contributed by atoms with E-state index in [1.165, 1.54) is 15.7 Å². The molecule has 0 fully saturated rings. The quantitative estimate of drug-likeness (QED) is 0.747. The van der Waals surface area contributed by atoms with Gasteiger partial charge in [-0.3, -0.25) is 0 Å². The van der Waals surface area contributed by atoms with E-state index in [-0.39, 0.29) is 10.9 Å². The third-order valence-corrected chi connectivity index (χ3v) is 6.27. The lowest BCUT2D eigenvalue weighted by Crippen LogP contribution is -1.97. The average molecular weight is 276 g/mol. The van der Waals surface area contributed by atoms with Gasteiger partial charge in [-0.2, -0.15) is 0 Å². The van der Waals surface area contributed by atoms with Crippen LogP contribution in [0, 0.1) is 0 Å². The molecule has 104 valence electrons. The van der Waals surface area contributed by atoms with E-state index >= 15 is 0 Å². The van der Waals surface area contributed by atoms with Crippen molar-refractivity contribution in [2.45, 2.75) is 38.5 Å². The van der Waals surface area contributed by atoms with E-state index in [0.29, 0.717) is 11.7 Å². The number of hydrogen-bond acceptors (Lipinski definition) is 1. The molecule has 0 heterocycles. The van der Waals surface area contributed by atoms with Crippen LogP contribution in [0.15, 0.2) is 35.2 Å². The molecular formula is C17H24OS. The van der Waals surface area contributed by atoms with Gasteiger partial charge in [-0.15, -0.1) is 0 Å². The van der Waals surface area contributed by atoms with Crippen molar-refractivity contribution >= 4 is 21.7 Å². The first kappa shape index (κ1) is 14.3. The number of thiol groups is 1. The topological polar surface area (TPSA) is 20.2 Å². The maximum Gasteiger partial charge on any atom is 0.131 e. The molecule has 2 rings (SSSR count). The molecule has 2 heteroatoms. The van der Waals surface area contributed by atoms with Gasteiger partial charge in [0.25, 0.3) is 0 Å². The van der Waals surface area contributed by atoms with Gasteiger partial charge in [0.2, 0.25) is 0 Å². The lowest BCUT2D eigenvalue weighted by atomic mass is 9.95. The van der Waals surface area contributed by atoms with Crippen LogP contribution in [0.3, 0.4) is 0 Å². The van der Waals surface area contributed by atoms with Crippen molar-refractivity contribution in [3.05, 3.63) is 35.9 Å². The van der Waals surface area contributed by atoms with Crippen LogP contribution in [0.25, 0.3) is 10.8 Å². The zero-order valence-electron chi connectivity index (χ0n) is 12.3. The van der Waals surface area contributed by atoms with E-state index in [4.69, 9.17) is 0 Å². The highest BCUT2D eigenvalue weighted by atomic mass is 32.2. The molecule has 0 aliphatic carbocycles. The molecule has 19 heavy (non-hydrogen) atoms. The second-order valence-electron chi connectivity index (χ2n) is 5.21. The molecule has 0 bridgehead atoms. The molecule has 0 aromatic heterocycles. The molecule has 0 atom stereocenters.